The predicted octanol–water partition coefficient (Wildman–Crippen LogP) is 2.82. The lowest BCUT2D eigenvalue weighted by Gasteiger charge is -2.05. The normalized spacial score (nSPS) is 11.3. The maximum Gasteiger partial charge on any atom is 0.347 e. The van der Waals surface area contributed by atoms with E-state index in [0.29, 0.717) is 38.8 Å². The molecule has 3 aromatic rings. The monoisotopic (exact) mass is 256 g/mol. The summed E-state index contributed by atoms with van der Waals surface area (Å²) in [7, 11) is 0. The fourth-order valence-electron chi connectivity index (χ4n) is 2.25. The minimum Gasteiger partial charge on any atom is -0.460 e. The molecule has 0 bridgehead atoms. The first-order valence-corrected chi connectivity index (χ1v) is 5.96. The second kappa shape index (κ2) is 3.82. The fourth-order valence-corrected chi connectivity index (χ4v) is 2.25. The van der Waals surface area contributed by atoms with Gasteiger partial charge in [0.15, 0.2) is 11.0 Å². The van der Waals surface area contributed by atoms with Crippen LogP contribution in [0.5, 0.6) is 0 Å². The average Bonchev–Trinajstić information content (AvgIpc) is 2.35. The standard InChI is InChI=1S/C15H12O4/c1-7-6-10-4-5-11-13(16)8(2)9(3)19-14(11)12(10)15(17)18-7/h4-6H,1-3H3. The molecule has 19 heavy (non-hydrogen) atoms. The van der Waals surface area contributed by atoms with Gasteiger partial charge < -0.3 is 8.83 Å². The van der Waals surface area contributed by atoms with Crippen molar-refractivity contribution in [3.8, 4) is 0 Å². The third-order valence-corrected chi connectivity index (χ3v) is 3.37. The van der Waals surface area contributed by atoms with Gasteiger partial charge in [-0.3, -0.25) is 4.79 Å². The maximum absolute atomic E-state index is 12.2. The first-order valence-electron chi connectivity index (χ1n) is 5.96. The van der Waals surface area contributed by atoms with Gasteiger partial charge in [0.05, 0.1) is 5.39 Å². The van der Waals surface area contributed by atoms with Crippen molar-refractivity contribution in [2.24, 2.45) is 0 Å². The lowest BCUT2D eigenvalue weighted by Crippen LogP contribution is -2.09. The molecule has 1 aromatic carbocycles. The Labute approximate surface area is 108 Å². The smallest absolute Gasteiger partial charge is 0.347 e. The summed E-state index contributed by atoms with van der Waals surface area (Å²) in [6.07, 6.45) is 0. The van der Waals surface area contributed by atoms with Crippen molar-refractivity contribution in [2.75, 3.05) is 0 Å². The van der Waals surface area contributed by atoms with E-state index in [2.05, 4.69) is 0 Å². The minimum absolute atomic E-state index is 0.111. The molecule has 3 rings (SSSR count). The third kappa shape index (κ3) is 1.60. The third-order valence-electron chi connectivity index (χ3n) is 3.37. The van der Waals surface area contributed by atoms with Gasteiger partial charge in [-0.15, -0.1) is 0 Å². The van der Waals surface area contributed by atoms with Crippen LogP contribution < -0.4 is 11.1 Å². The molecule has 0 saturated heterocycles. The van der Waals surface area contributed by atoms with Crippen LogP contribution in [0.15, 0.2) is 36.6 Å². The molecule has 0 amide bonds. The van der Waals surface area contributed by atoms with E-state index < -0.39 is 5.63 Å². The summed E-state index contributed by atoms with van der Waals surface area (Å²) >= 11 is 0. The number of benzene rings is 1. The van der Waals surface area contributed by atoms with E-state index in [-0.39, 0.29) is 5.43 Å². The SMILES string of the molecule is Cc1cc2ccc3c(=O)c(C)c(C)oc3c2c(=O)o1. The van der Waals surface area contributed by atoms with E-state index in [9.17, 15) is 9.59 Å². The lowest BCUT2D eigenvalue weighted by molar-refractivity contribution is 0.487. The number of aryl methyl sites for hydroxylation is 2. The highest BCUT2D eigenvalue weighted by Crippen LogP contribution is 2.23. The molecule has 0 saturated carbocycles. The van der Waals surface area contributed by atoms with Crippen LogP contribution in [-0.2, 0) is 0 Å². The van der Waals surface area contributed by atoms with Gasteiger partial charge in [0.2, 0.25) is 0 Å². The molecule has 2 aromatic heterocycles. The van der Waals surface area contributed by atoms with Crippen LogP contribution >= 0.6 is 0 Å². The second-order valence-corrected chi connectivity index (χ2v) is 4.66. The molecule has 0 N–H and O–H groups in total. The topological polar surface area (TPSA) is 60.4 Å². The fraction of sp³-hybridized carbons (Fsp3) is 0.200. The molecule has 2 heterocycles. The Hall–Kier alpha value is -2.36. The van der Waals surface area contributed by atoms with Crippen LogP contribution in [-0.4, -0.2) is 0 Å². The molecule has 0 aliphatic carbocycles. The van der Waals surface area contributed by atoms with Crippen LogP contribution in [0.3, 0.4) is 0 Å². The molecule has 0 unspecified atom stereocenters. The number of hydrogen-bond acceptors (Lipinski definition) is 4. The van der Waals surface area contributed by atoms with Crippen LogP contribution in [0, 0.1) is 20.8 Å². The summed E-state index contributed by atoms with van der Waals surface area (Å²) in [5.41, 5.74) is 0.273. The van der Waals surface area contributed by atoms with Gasteiger partial charge in [0.1, 0.15) is 16.9 Å². The lowest BCUT2D eigenvalue weighted by atomic mass is 10.1. The minimum atomic E-state index is -0.480. The van der Waals surface area contributed by atoms with Gasteiger partial charge in [0.25, 0.3) is 0 Å². The zero-order valence-corrected chi connectivity index (χ0v) is 10.9. The van der Waals surface area contributed by atoms with Crippen molar-refractivity contribution in [1.29, 1.82) is 0 Å². The molecule has 96 valence electrons. The van der Waals surface area contributed by atoms with Gasteiger partial charge in [-0.1, -0.05) is 6.07 Å². The van der Waals surface area contributed by atoms with E-state index >= 15 is 0 Å². The van der Waals surface area contributed by atoms with Crippen molar-refractivity contribution < 1.29 is 8.83 Å². The maximum atomic E-state index is 12.2. The Morgan fingerprint density at radius 3 is 2.47 bits per heavy atom. The zero-order valence-electron chi connectivity index (χ0n) is 10.9. The summed E-state index contributed by atoms with van der Waals surface area (Å²) in [5.74, 6) is 1.05. The first-order chi connectivity index (χ1) is 8.99. The molecule has 4 nitrogen and oxygen atoms in total. The largest absolute Gasteiger partial charge is 0.460 e. The molecule has 0 atom stereocenters. The Morgan fingerprint density at radius 1 is 1.00 bits per heavy atom. The molecule has 0 aliphatic rings. The highest BCUT2D eigenvalue weighted by molar-refractivity contribution is 6.03. The number of hydrogen-bond donors (Lipinski definition) is 0. The summed E-state index contributed by atoms with van der Waals surface area (Å²) in [6.45, 7) is 5.13. The van der Waals surface area contributed by atoms with Gasteiger partial charge in [0, 0.05) is 5.56 Å². The predicted molar refractivity (Wildman–Crippen MR) is 72.7 cm³/mol. The van der Waals surface area contributed by atoms with E-state index in [1.807, 2.05) is 0 Å². The van der Waals surface area contributed by atoms with E-state index in [0.717, 1.165) is 0 Å². The van der Waals surface area contributed by atoms with E-state index in [1.54, 1.807) is 39.0 Å². The molecule has 4 heteroatoms. The van der Waals surface area contributed by atoms with Crippen molar-refractivity contribution in [1.82, 2.24) is 0 Å². The van der Waals surface area contributed by atoms with Gasteiger partial charge in [-0.05, 0) is 38.3 Å². The molecular formula is C15H12O4. The summed E-state index contributed by atoms with van der Waals surface area (Å²) in [5, 5.41) is 1.45. The number of fused-ring (bicyclic) bond motifs is 3. The van der Waals surface area contributed by atoms with Gasteiger partial charge in [-0.2, -0.15) is 0 Å². The Morgan fingerprint density at radius 2 is 1.74 bits per heavy atom. The van der Waals surface area contributed by atoms with E-state index in [1.165, 1.54) is 0 Å². The summed E-state index contributed by atoms with van der Waals surface area (Å²) in [4.78, 5) is 24.2. The Kier molecular flexibility index (Phi) is 2.35. The van der Waals surface area contributed by atoms with Crippen molar-refractivity contribution in [3.05, 3.63) is 55.9 Å². The highest BCUT2D eigenvalue weighted by Gasteiger charge is 2.14. The average molecular weight is 256 g/mol. The summed E-state index contributed by atoms with van der Waals surface area (Å²) < 4.78 is 10.7. The van der Waals surface area contributed by atoms with Gasteiger partial charge >= 0.3 is 5.63 Å². The number of rotatable bonds is 0. The summed E-state index contributed by atoms with van der Waals surface area (Å²) in [6, 6.07) is 5.19. The molecule has 0 aliphatic heterocycles. The second-order valence-electron chi connectivity index (χ2n) is 4.66. The Bertz CT molecular complexity index is 929. The van der Waals surface area contributed by atoms with Crippen LogP contribution in [0.4, 0.5) is 0 Å². The van der Waals surface area contributed by atoms with Crippen molar-refractivity contribution in [3.63, 3.8) is 0 Å². The molecular weight excluding hydrogens is 244 g/mol. The first kappa shape index (κ1) is 11.7. The van der Waals surface area contributed by atoms with Crippen molar-refractivity contribution in [2.45, 2.75) is 20.8 Å². The highest BCUT2D eigenvalue weighted by atomic mass is 16.4. The van der Waals surface area contributed by atoms with E-state index in [4.69, 9.17) is 8.83 Å². The quantitative estimate of drug-likeness (QED) is 0.580. The molecule has 0 fully saturated rings. The van der Waals surface area contributed by atoms with Crippen LogP contribution in [0.2, 0.25) is 0 Å². The van der Waals surface area contributed by atoms with Crippen LogP contribution in [0.1, 0.15) is 17.1 Å². The molecule has 0 radical (unpaired) electrons. The van der Waals surface area contributed by atoms with Crippen molar-refractivity contribution >= 4 is 21.7 Å². The zero-order chi connectivity index (χ0) is 13.7. The van der Waals surface area contributed by atoms with Gasteiger partial charge in [-0.25, -0.2) is 4.79 Å². The Balaban J connectivity index is 2.69. The van der Waals surface area contributed by atoms with Crippen LogP contribution in [0.25, 0.3) is 21.7 Å². The molecule has 0 spiro atoms.